The minimum absolute atomic E-state index is 0.333. The summed E-state index contributed by atoms with van der Waals surface area (Å²) >= 11 is 0. The molecule has 0 saturated heterocycles. The summed E-state index contributed by atoms with van der Waals surface area (Å²) in [5.41, 5.74) is 5.35. The van der Waals surface area contributed by atoms with E-state index in [1.54, 1.807) is 0 Å². The Morgan fingerprint density at radius 3 is 2.25 bits per heavy atom. The molecule has 0 aliphatic rings. The van der Waals surface area contributed by atoms with E-state index < -0.39 is 0 Å². The Labute approximate surface area is 50.6 Å². The van der Waals surface area contributed by atoms with Crippen molar-refractivity contribution in [3.8, 4) is 0 Å². The molecule has 48 valence electrons. The molecule has 0 aromatic carbocycles. The quantitative estimate of drug-likeness (QED) is 0.525. The van der Waals surface area contributed by atoms with E-state index in [1.807, 2.05) is 6.92 Å². The molecule has 3 N–H and O–H groups in total. The van der Waals surface area contributed by atoms with Crippen molar-refractivity contribution in [2.45, 2.75) is 13.8 Å². The van der Waals surface area contributed by atoms with Gasteiger partial charge in [-0.2, -0.15) is 0 Å². The normalized spacial score (nSPS) is 17.4. The molecule has 0 unspecified atom stereocenters. The maximum Gasteiger partial charge on any atom is -0.00163 e. The highest BCUT2D eigenvalue weighted by molar-refractivity contribution is 5.56. The van der Waals surface area contributed by atoms with E-state index in [9.17, 15) is 0 Å². The molecule has 0 bridgehead atoms. The van der Waals surface area contributed by atoms with Crippen LogP contribution in [-0.2, 0) is 0 Å². The molecule has 2 heteroatoms. The maximum atomic E-state index is 6.86. The zero-order chi connectivity index (χ0) is 6.57. The van der Waals surface area contributed by atoms with Gasteiger partial charge in [-0.25, -0.2) is 0 Å². The third-order valence-electron chi connectivity index (χ3n) is 1.53. The first-order valence-corrected chi connectivity index (χ1v) is 2.93. The van der Waals surface area contributed by atoms with Crippen molar-refractivity contribution < 1.29 is 0 Å². The van der Waals surface area contributed by atoms with Crippen LogP contribution in [0.5, 0.6) is 0 Å². The van der Waals surface area contributed by atoms with E-state index in [2.05, 4.69) is 6.92 Å². The fraction of sp³-hybridized carbons (Fsp3) is 0.833. The smallest absolute Gasteiger partial charge is 0.00163 e. The zero-order valence-electron chi connectivity index (χ0n) is 5.52. The van der Waals surface area contributed by atoms with Gasteiger partial charge < -0.3 is 11.1 Å². The van der Waals surface area contributed by atoms with Crippen molar-refractivity contribution in [2.75, 3.05) is 6.54 Å². The second kappa shape index (κ2) is 3.61. The summed E-state index contributed by atoms with van der Waals surface area (Å²) in [7, 11) is 0. The molecule has 0 spiro atoms. The van der Waals surface area contributed by atoms with Gasteiger partial charge in [0, 0.05) is 0 Å². The Balaban J connectivity index is 3.44. The van der Waals surface area contributed by atoms with Crippen LogP contribution in [0, 0.1) is 17.2 Å². The van der Waals surface area contributed by atoms with Gasteiger partial charge in [0.15, 0.2) is 0 Å². The second-order valence-electron chi connectivity index (χ2n) is 2.24. The molecule has 0 aromatic rings. The second-order valence-corrected chi connectivity index (χ2v) is 2.24. The van der Waals surface area contributed by atoms with Crippen molar-refractivity contribution in [3.05, 3.63) is 0 Å². The highest BCUT2D eigenvalue weighted by Crippen LogP contribution is 2.04. The molecule has 0 aromatic heterocycles. The summed E-state index contributed by atoms with van der Waals surface area (Å²) < 4.78 is 0. The summed E-state index contributed by atoms with van der Waals surface area (Å²) in [4.78, 5) is 0. The lowest BCUT2D eigenvalue weighted by Gasteiger charge is -2.10. The first-order valence-electron chi connectivity index (χ1n) is 2.93. The number of hydrogen-bond donors (Lipinski definition) is 2. The van der Waals surface area contributed by atoms with Gasteiger partial charge in [-0.15, -0.1) is 0 Å². The molecule has 0 amide bonds. The maximum absolute atomic E-state index is 6.86. The van der Waals surface area contributed by atoms with Gasteiger partial charge in [-0.1, -0.05) is 13.8 Å². The summed E-state index contributed by atoms with van der Waals surface area (Å²) in [6, 6.07) is 0. The zero-order valence-corrected chi connectivity index (χ0v) is 5.52. The van der Waals surface area contributed by atoms with Crippen LogP contribution in [0.1, 0.15) is 13.8 Å². The van der Waals surface area contributed by atoms with Crippen LogP contribution >= 0.6 is 0 Å². The largest absolute Gasteiger partial charge is 0.330 e. The molecule has 0 radical (unpaired) electrons. The molecule has 0 aliphatic carbocycles. The van der Waals surface area contributed by atoms with Gasteiger partial charge in [0.05, 0.1) is 0 Å². The standard InChI is InChI=1S/C6H14N2/c1-5(3-7)6(2)4-8/h3,5-7H,4,8H2,1-2H3/t5-,6+/m1/s1. The SMILES string of the molecule is C[C@H](C=N)[C@@H](C)CN. The lowest BCUT2D eigenvalue weighted by Crippen LogP contribution is -2.18. The van der Waals surface area contributed by atoms with E-state index in [0.717, 1.165) is 0 Å². The Hall–Kier alpha value is -0.370. The third-order valence-corrected chi connectivity index (χ3v) is 1.53. The molecule has 2 atom stereocenters. The van der Waals surface area contributed by atoms with Gasteiger partial charge >= 0.3 is 0 Å². The minimum Gasteiger partial charge on any atom is -0.330 e. The molecule has 8 heavy (non-hydrogen) atoms. The Morgan fingerprint density at radius 2 is 2.12 bits per heavy atom. The summed E-state index contributed by atoms with van der Waals surface area (Å²) in [5.74, 6) is 0.785. The van der Waals surface area contributed by atoms with Crippen molar-refractivity contribution in [1.29, 1.82) is 5.41 Å². The Bertz CT molecular complexity index is 70.9. The first-order chi connectivity index (χ1) is 3.72. The van der Waals surface area contributed by atoms with Crippen LogP contribution in [0.4, 0.5) is 0 Å². The lowest BCUT2D eigenvalue weighted by atomic mass is 9.98. The molecule has 0 rings (SSSR count). The fourth-order valence-electron chi connectivity index (χ4n) is 0.379. The number of hydrogen-bond acceptors (Lipinski definition) is 2. The van der Waals surface area contributed by atoms with E-state index >= 15 is 0 Å². The number of rotatable bonds is 3. The van der Waals surface area contributed by atoms with Crippen LogP contribution in [0.25, 0.3) is 0 Å². The monoisotopic (exact) mass is 114 g/mol. The Kier molecular flexibility index (Phi) is 3.44. The third kappa shape index (κ3) is 2.07. The predicted octanol–water partition coefficient (Wildman–Crippen LogP) is 0.867. The average molecular weight is 114 g/mol. The van der Waals surface area contributed by atoms with Crippen LogP contribution in [0.2, 0.25) is 0 Å². The summed E-state index contributed by atoms with van der Waals surface area (Å²) in [5, 5.41) is 6.86. The van der Waals surface area contributed by atoms with Crippen molar-refractivity contribution in [1.82, 2.24) is 0 Å². The van der Waals surface area contributed by atoms with E-state index in [-0.39, 0.29) is 0 Å². The van der Waals surface area contributed by atoms with Crippen molar-refractivity contribution >= 4 is 6.21 Å². The van der Waals surface area contributed by atoms with Crippen LogP contribution in [-0.4, -0.2) is 12.8 Å². The Morgan fingerprint density at radius 1 is 1.62 bits per heavy atom. The topological polar surface area (TPSA) is 49.9 Å². The molecule has 0 aliphatic heterocycles. The summed E-state index contributed by atoms with van der Waals surface area (Å²) in [6.45, 7) is 4.73. The number of nitrogens with one attached hydrogen (secondary N) is 1. The van der Waals surface area contributed by atoms with Crippen LogP contribution in [0.15, 0.2) is 0 Å². The number of nitrogens with two attached hydrogens (primary N) is 1. The molecule has 0 heterocycles. The van der Waals surface area contributed by atoms with Crippen molar-refractivity contribution in [2.24, 2.45) is 17.6 Å². The highest BCUT2D eigenvalue weighted by Gasteiger charge is 2.05. The predicted molar refractivity (Wildman–Crippen MR) is 36.2 cm³/mol. The van der Waals surface area contributed by atoms with Gasteiger partial charge in [-0.05, 0) is 24.6 Å². The van der Waals surface area contributed by atoms with Gasteiger partial charge in [0.1, 0.15) is 0 Å². The van der Waals surface area contributed by atoms with E-state index in [4.69, 9.17) is 11.1 Å². The molecular weight excluding hydrogens is 100 g/mol. The first kappa shape index (κ1) is 7.63. The van der Waals surface area contributed by atoms with Crippen molar-refractivity contribution in [3.63, 3.8) is 0 Å². The van der Waals surface area contributed by atoms with Crippen LogP contribution < -0.4 is 5.73 Å². The van der Waals surface area contributed by atoms with E-state index in [1.165, 1.54) is 6.21 Å². The van der Waals surface area contributed by atoms with Gasteiger partial charge in [0.25, 0.3) is 0 Å². The minimum atomic E-state index is 0.333. The van der Waals surface area contributed by atoms with Gasteiger partial charge in [-0.3, -0.25) is 0 Å². The molecule has 0 saturated carbocycles. The van der Waals surface area contributed by atoms with Crippen LogP contribution in [0.3, 0.4) is 0 Å². The van der Waals surface area contributed by atoms with E-state index in [0.29, 0.717) is 18.4 Å². The van der Waals surface area contributed by atoms with Gasteiger partial charge in [0.2, 0.25) is 0 Å². The fourth-order valence-corrected chi connectivity index (χ4v) is 0.379. The molecule has 2 nitrogen and oxygen atoms in total. The summed E-state index contributed by atoms with van der Waals surface area (Å²) in [6.07, 6.45) is 1.44. The lowest BCUT2D eigenvalue weighted by molar-refractivity contribution is 0.501. The highest BCUT2D eigenvalue weighted by atomic mass is 14.5. The molecule has 0 fully saturated rings. The molecular formula is C6H14N2. The average Bonchev–Trinajstić information content (AvgIpc) is 1.84.